The molecule has 7 nitrogen and oxygen atoms in total. The van der Waals surface area contributed by atoms with Crippen LogP contribution in [-0.2, 0) is 44.2 Å². The second kappa shape index (κ2) is 8.10. The molecule has 1 unspecified atom stereocenters. The fraction of sp³-hybridized carbons (Fsp3) is 0.379. The summed E-state index contributed by atoms with van der Waals surface area (Å²) < 4.78 is 27.5. The number of cyclic esters (lactones) is 1. The van der Waals surface area contributed by atoms with Gasteiger partial charge in [-0.05, 0) is 61.3 Å². The number of benzene rings is 1. The summed E-state index contributed by atoms with van der Waals surface area (Å²) in [4.78, 5) is 43.6. The number of carbonyl (C=O) groups excluding carboxylic acids is 2. The summed E-state index contributed by atoms with van der Waals surface area (Å²) in [7, 11) is 0. The van der Waals surface area contributed by atoms with E-state index in [1.54, 1.807) is 24.5 Å². The predicted molar refractivity (Wildman–Crippen MR) is 135 cm³/mol. The largest absolute Gasteiger partial charge is 0.457 e. The quantitative estimate of drug-likeness (QED) is 0.297. The van der Waals surface area contributed by atoms with E-state index in [4.69, 9.17) is 14.5 Å². The molecule has 0 radical (unpaired) electrons. The zero-order valence-electron chi connectivity index (χ0n) is 21.1. The van der Waals surface area contributed by atoms with Crippen LogP contribution in [0.1, 0.15) is 72.4 Å². The van der Waals surface area contributed by atoms with Gasteiger partial charge in [0.1, 0.15) is 12.4 Å². The van der Waals surface area contributed by atoms with Gasteiger partial charge in [-0.15, -0.1) is 6.58 Å². The summed E-state index contributed by atoms with van der Waals surface area (Å²) in [6.07, 6.45) is 4.38. The van der Waals surface area contributed by atoms with E-state index in [9.17, 15) is 18.8 Å². The van der Waals surface area contributed by atoms with Gasteiger partial charge in [0.15, 0.2) is 0 Å². The number of nitrogens with zero attached hydrogens (tertiary/aromatic N) is 2. The number of rotatable bonds is 4. The minimum atomic E-state index is -1.70. The van der Waals surface area contributed by atoms with Crippen LogP contribution in [0.3, 0.4) is 0 Å². The zero-order chi connectivity index (χ0) is 26.2. The van der Waals surface area contributed by atoms with E-state index in [1.165, 1.54) is 13.0 Å². The topological polar surface area (TPSA) is 87.5 Å². The molecule has 0 spiro atoms. The Bertz CT molecular complexity index is 1620. The molecule has 1 aromatic carbocycles. The number of carbonyl (C=O) groups is 2. The van der Waals surface area contributed by atoms with Crippen molar-refractivity contribution in [2.45, 2.75) is 71.1 Å². The first-order valence-corrected chi connectivity index (χ1v) is 12.6. The van der Waals surface area contributed by atoms with Crippen molar-refractivity contribution in [3.05, 3.63) is 74.3 Å². The molecule has 2 aliphatic heterocycles. The van der Waals surface area contributed by atoms with Crippen molar-refractivity contribution in [1.82, 2.24) is 9.55 Å². The van der Waals surface area contributed by atoms with Gasteiger partial charge in [0, 0.05) is 29.5 Å². The van der Waals surface area contributed by atoms with Crippen LogP contribution in [0.5, 0.6) is 0 Å². The minimum Gasteiger partial charge on any atom is -0.457 e. The highest BCUT2D eigenvalue weighted by Crippen LogP contribution is 2.47. The van der Waals surface area contributed by atoms with Crippen LogP contribution in [0.4, 0.5) is 4.39 Å². The number of aromatic nitrogens is 2. The number of hydrogen-bond donors (Lipinski definition) is 0. The third-order valence-corrected chi connectivity index (χ3v) is 8.23. The average molecular weight is 503 g/mol. The van der Waals surface area contributed by atoms with Crippen molar-refractivity contribution < 1.29 is 23.5 Å². The van der Waals surface area contributed by atoms with Crippen LogP contribution < -0.4 is 5.56 Å². The lowest BCUT2D eigenvalue weighted by Crippen LogP contribution is -2.47. The van der Waals surface area contributed by atoms with Crippen molar-refractivity contribution in [2.24, 2.45) is 0 Å². The summed E-state index contributed by atoms with van der Waals surface area (Å²) >= 11 is 0. The van der Waals surface area contributed by atoms with Crippen LogP contribution in [0, 0.1) is 12.7 Å². The van der Waals surface area contributed by atoms with Crippen LogP contribution in [0.2, 0.25) is 0 Å². The Morgan fingerprint density at radius 1 is 1.32 bits per heavy atom. The summed E-state index contributed by atoms with van der Waals surface area (Å²) in [5.41, 5.74) is 3.94. The monoisotopic (exact) mass is 502 g/mol. The van der Waals surface area contributed by atoms with Gasteiger partial charge in [-0.25, -0.2) is 14.2 Å². The number of hydrogen-bond acceptors (Lipinski definition) is 6. The number of ether oxygens (including phenoxy) is 2. The predicted octanol–water partition coefficient (Wildman–Crippen LogP) is 4.70. The van der Waals surface area contributed by atoms with Crippen molar-refractivity contribution in [3.8, 4) is 11.4 Å². The van der Waals surface area contributed by atoms with Gasteiger partial charge in [-0.2, -0.15) is 0 Å². The van der Waals surface area contributed by atoms with Gasteiger partial charge in [0.25, 0.3) is 5.56 Å². The van der Waals surface area contributed by atoms with E-state index in [1.807, 2.05) is 6.08 Å². The Labute approximate surface area is 212 Å². The van der Waals surface area contributed by atoms with E-state index in [0.29, 0.717) is 40.1 Å². The molecular formula is C29H27FN2O5. The lowest BCUT2D eigenvalue weighted by molar-refractivity contribution is -0.188. The maximum Gasteiger partial charge on any atom is 0.355 e. The third-order valence-electron chi connectivity index (χ3n) is 8.23. The van der Waals surface area contributed by atoms with Crippen LogP contribution in [-0.4, -0.2) is 21.5 Å². The number of fused-ring (bicyclic) bond motifs is 5. The lowest BCUT2D eigenvalue weighted by atomic mass is 9.77. The second-order valence-corrected chi connectivity index (χ2v) is 10.1. The third kappa shape index (κ3) is 3.11. The first-order valence-electron chi connectivity index (χ1n) is 12.6. The Kier molecular flexibility index (Phi) is 5.16. The zero-order valence-corrected chi connectivity index (χ0v) is 21.1. The van der Waals surface area contributed by atoms with Gasteiger partial charge < -0.3 is 14.0 Å². The molecule has 6 rings (SSSR count). The highest BCUT2D eigenvalue weighted by molar-refractivity contribution is 5.93. The Morgan fingerprint density at radius 3 is 2.81 bits per heavy atom. The summed E-state index contributed by atoms with van der Waals surface area (Å²) in [5.74, 6) is -1.47. The molecule has 0 saturated heterocycles. The number of aryl methyl sites for hydroxylation is 1. The van der Waals surface area contributed by atoms with Gasteiger partial charge >= 0.3 is 11.9 Å². The van der Waals surface area contributed by atoms with Crippen LogP contribution in [0.25, 0.3) is 22.3 Å². The summed E-state index contributed by atoms with van der Waals surface area (Å²) in [5, 5.41) is 0.975. The molecule has 37 heavy (non-hydrogen) atoms. The van der Waals surface area contributed by atoms with Crippen molar-refractivity contribution in [3.63, 3.8) is 0 Å². The molecule has 0 N–H and O–H groups in total. The van der Waals surface area contributed by atoms with Gasteiger partial charge in [0.05, 0.1) is 29.0 Å². The molecule has 2 atom stereocenters. The molecule has 2 aromatic heterocycles. The highest BCUT2D eigenvalue weighted by Gasteiger charge is 2.50. The van der Waals surface area contributed by atoms with E-state index in [-0.39, 0.29) is 30.3 Å². The number of allylic oxidation sites excluding steroid dienone is 1. The minimum absolute atomic E-state index is 0.111. The molecular weight excluding hydrogens is 475 g/mol. The maximum atomic E-state index is 14.9. The molecule has 8 heteroatoms. The molecule has 3 aromatic rings. The molecule has 0 bridgehead atoms. The molecule has 3 aliphatic rings. The fourth-order valence-corrected chi connectivity index (χ4v) is 6.49. The standard InChI is InChI=1S/C29H27FN2O5/c1-5-7-16-8-9-17-14(3)21(30)11-22-25(17)24(16)18-12-32-23(26(18)31-22)10-20-19(27(32)34)13-36-28(35)29(20,6-2)37-15(4)33/h5,10-11,16H,1,6-9,12-13H2,2-4H3/t16?,29-/m0/s1. The fourth-order valence-electron chi connectivity index (χ4n) is 6.49. The van der Waals surface area contributed by atoms with Crippen molar-refractivity contribution in [2.75, 3.05) is 0 Å². The SMILES string of the molecule is C=CCC1CCc2c(C)c(F)cc3nc4c(c1c23)Cn1c-4cc2c(c1=O)COC(=O)[C@@]2(CC)OC(C)=O. The van der Waals surface area contributed by atoms with Crippen LogP contribution in [0.15, 0.2) is 29.6 Å². The van der Waals surface area contributed by atoms with Gasteiger partial charge in [-0.3, -0.25) is 9.59 Å². The summed E-state index contributed by atoms with van der Waals surface area (Å²) in [6, 6.07) is 3.21. The Morgan fingerprint density at radius 2 is 2.11 bits per heavy atom. The smallest absolute Gasteiger partial charge is 0.355 e. The molecule has 0 amide bonds. The Balaban J connectivity index is 1.68. The normalized spacial score (nSPS) is 21.2. The molecule has 4 heterocycles. The number of esters is 2. The Hall–Kier alpha value is -3.81. The summed E-state index contributed by atoms with van der Waals surface area (Å²) in [6.45, 7) is 8.81. The van der Waals surface area contributed by atoms with Crippen molar-refractivity contribution in [1.29, 1.82) is 0 Å². The highest BCUT2D eigenvalue weighted by atomic mass is 19.1. The molecule has 0 saturated carbocycles. The first kappa shape index (κ1) is 23.6. The molecule has 190 valence electrons. The number of halogens is 1. The van der Waals surface area contributed by atoms with E-state index in [0.717, 1.165) is 41.3 Å². The second-order valence-electron chi connectivity index (χ2n) is 10.1. The maximum absolute atomic E-state index is 14.9. The first-order chi connectivity index (χ1) is 17.7. The number of pyridine rings is 2. The molecule has 1 aliphatic carbocycles. The van der Waals surface area contributed by atoms with Gasteiger partial charge in [-0.1, -0.05) is 13.0 Å². The lowest BCUT2D eigenvalue weighted by Gasteiger charge is -2.35. The van der Waals surface area contributed by atoms with E-state index >= 15 is 0 Å². The van der Waals surface area contributed by atoms with Crippen molar-refractivity contribution >= 4 is 22.8 Å². The van der Waals surface area contributed by atoms with Crippen LogP contribution >= 0.6 is 0 Å². The average Bonchev–Trinajstić information content (AvgIpc) is 3.23. The van der Waals surface area contributed by atoms with E-state index < -0.39 is 17.5 Å². The van der Waals surface area contributed by atoms with E-state index in [2.05, 4.69) is 6.58 Å². The molecule has 0 fully saturated rings. The van der Waals surface area contributed by atoms with Gasteiger partial charge in [0.2, 0.25) is 5.60 Å².